The van der Waals surface area contributed by atoms with E-state index in [1.54, 1.807) is 24.3 Å². The van der Waals surface area contributed by atoms with Gasteiger partial charge in [0.25, 0.3) is 5.22 Å². The molecule has 0 fully saturated rings. The minimum absolute atomic E-state index is 0.00623. The molecule has 9 heteroatoms. The third-order valence-electron chi connectivity index (χ3n) is 3.66. The Bertz CT molecular complexity index is 972. The first-order chi connectivity index (χ1) is 14.1. The number of hydrogen-bond donors (Lipinski definition) is 2. The number of para-hydroxylation sites is 2. The normalized spacial score (nSPS) is 10.6. The lowest BCUT2D eigenvalue weighted by Crippen LogP contribution is -2.35. The van der Waals surface area contributed by atoms with Gasteiger partial charge in [-0.2, -0.15) is 0 Å². The van der Waals surface area contributed by atoms with E-state index in [-0.39, 0.29) is 5.75 Å². The van der Waals surface area contributed by atoms with Gasteiger partial charge >= 0.3 is 6.03 Å². The van der Waals surface area contributed by atoms with Gasteiger partial charge in [-0.1, -0.05) is 23.9 Å². The first kappa shape index (κ1) is 20.5. The lowest BCUT2D eigenvalue weighted by atomic mass is 10.2. The second-order valence-electron chi connectivity index (χ2n) is 5.77. The van der Waals surface area contributed by atoms with Crippen molar-refractivity contribution in [2.75, 3.05) is 24.3 Å². The number of urea groups is 1. The molecule has 0 aliphatic carbocycles. The van der Waals surface area contributed by atoms with Crippen molar-refractivity contribution < 1.29 is 23.5 Å². The highest BCUT2D eigenvalue weighted by molar-refractivity contribution is 7.99. The van der Waals surface area contributed by atoms with Crippen LogP contribution >= 0.6 is 11.8 Å². The first-order valence-electron chi connectivity index (χ1n) is 9.08. The van der Waals surface area contributed by atoms with E-state index in [2.05, 4.69) is 15.6 Å². The van der Waals surface area contributed by atoms with Gasteiger partial charge in [0, 0.05) is 11.8 Å². The third kappa shape index (κ3) is 5.64. The highest BCUT2D eigenvalue weighted by Crippen LogP contribution is 2.30. The minimum atomic E-state index is -0.639. The van der Waals surface area contributed by atoms with Crippen LogP contribution in [0.15, 0.2) is 52.1 Å². The second kappa shape index (κ2) is 9.83. The predicted molar refractivity (Wildman–Crippen MR) is 111 cm³/mol. The van der Waals surface area contributed by atoms with Crippen molar-refractivity contribution in [1.29, 1.82) is 0 Å². The summed E-state index contributed by atoms with van der Waals surface area (Å²) in [5, 5.41) is 5.25. The molecule has 1 heterocycles. The fourth-order valence-electron chi connectivity index (χ4n) is 2.49. The van der Waals surface area contributed by atoms with E-state index in [9.17, 15) is 9.59 Å². The quantitative estimate of drug-likeness (QED) is 0.535. The smallest absolute Gasteiger partial charge is 0.325 e. The van der Waals surface area contributed by atoms with Crippen LogP contribution in [0.2, 0.25) is 0 Å². The molecule has 0 bridgehead atoms. The molecule has 0 radical (unpaired) electrons. The Kier molecular flexibility index (Phi) is 6.96. The largest absolute Gasteiger partial charge is 0.490 e. The Morgan fingerprint density at radius 3 is 2.59 bits per heavy atom. The summed E-state index contributed by atoms with van der Waals surface area (Å²) in [4.78, 5) is 28.4. The second-order valence-corrected chi connectivity index (χ2v) is 6.69. The number of carbonyl (C=O) groups excluding carboxylic acids is 2. The van der Waals surface area contributed by atoms with Gasteiger partial charge in [-0.25, -0.2) is 9.78 Å². The Labute approximate surface area is 172 Å². The average molecular weight is 415 g/mol. The fraction of sp³-hybridized carbons (Fsp3) is 0.250. The van der Waals surface area contributed by atoms with Gasteiger partial charge in [-0.3, -0.25) is 10.1 Å². The van der Waals surface area contributed by atoms with Crippen LogP contribution in [0, 0.1) is 0 Å². The lowest BCUT2D eigenvalue weighted by molar-refractivity contribution is -0.117. The Hall–Kier alpha value is -3.20. The molecule has 0 saturated carbocycles. The molecule has 152 valence electrons. The zero-order valence-electron chi connectivity index (χ0n) is 16.1. The number of hydrogen-bond acceptors (Lipinski definition) is 7. The van der Waals surface area contributed by atoms with Gasteiger partial charge in [0.1, 0.15) is 5.52 Å². The third-order valence-corrected chi connectivity index (χ3v) is 4.48. The average Bonchev–Trinajstić information content (AvgIpc) is 3.12. The predicted octanol–water partition coefficient (Wildman–Crippen LogP) is 4.07. The molecule has 0 saturated heterocycles. The van der Waals surface area contributed by atoms with Crippen LogP contribution in [0.25, 0.3) is 11.1 Å². The molecule has 0 aliphatic heterocycles. The molecule has 8 nitrogen and oxygen atoms in total. The number of fused-ring (bicyclic) bond motifs is 1. The van der Waals surface area contributed by atoms with Crippen molar-refractivity contribution in [1.82, 2.24) is 10.3 Å². The highest BCUT2D eigenvalue weighted by atomic mass is 32.2. The van der Waals surface area contributed by atoms with E-state index in [4.69, 9.17) is 13.9 Å². The Morgan fingerprint density at radius 1 is 1.07 bits per heavy atom. The monoisotopic (exact) mass is 415 g/mol. The van der Waals surface area contributed by atoms with Gasteiger partial charge in [-0.15, -0.1) is 0 Å². The number of nitrogens with zero attached hydrogens (tertiary/aromatic N) is 1. The van der Waals surface area contributed by atoms with Crippen molar-refractivity contribution in [3.8, 4) is 11.5 Å². The van der Waals surface area contributed by atoms with Crippen LogP contribution in [0.3, 0.4) is 0 Å². The maximum Gasteiger partial charge on any atom is 0.325 e. The molecule has 3 rings (SSSR count). The number of rotatable bonds is 8. The number of imide groups is 1. The highest BCUT2D eigenvalue weighted by Gasteiger charge is 2.13. The van der Waals surface area contributed by atoms with Crippen molar-refractivity contribution in [2.45, 2.75) is 19.1 Å². The number of ether oxygens (including phenoxy) is 2. The molecule has 0 atom stereocenters. The Balaban J connectivity index is 1.53. The van der Waals surface area contributed by atoms with Crippen LogP contribution in [0.5, 0.6) is 11.5 Å². The summed E-state index contributed by atoms with van der Waals surface area (Å²) in [6.07, 6.45) is 0. The van der Waals surface area contributed by atoms with Gasteiger partial charge in [0.2, 0.25) is 5.91 Å². The summed E-state index contributed by atoms with van der Waals surface area (Å²) < 4.78 is 16.5. The van der Waals surface area contributed by atoms with Gasteiger partial charge in [0.05, 0.1) is 19.0 Å². The SMILES string of the molecule is CCOc1ccc(NC(=O)NC(=O)CSc2nc3ccccc3o2)cc1OCC. The first-order valence-corrected chi connectivity index (χ1v) is 10.1. The number of aromatic nitrogens is 1. The van der Waals surface area contributed by atoms with Gasteiger partial charge < -0.3 is 19.2 Å². The van der Waals surface area contributed by atoms with Crippen molar-refractivity contribution in [2.24, 2.45) is 0 Å². The van der Waals surface area contributed by atoms with Crippen LogP contribution in [-0.2, 0) is 4.79 Å². The molecule has 1 aromatic heterocycles. The molecule has 0 spiro atoms. The van der Waals surface area contributed by atoms with E-state index >= 15 is 0 Å². The molecule has 2 N–H and O–H groups in total. The summed E-state index contributed by atoms with van der Waals surface area (Å²) in [5.41, 5.74) is 1.84. The number of nitrogens with one attached hydrogen (secondary N) is 2. The number of oxazole rings is 1. The number of carbonyl (C=O) groups is 2. The van der Waals surface area contributed by atoms with Crippen LogP contribution in [0.4, 0.5) is 10.5 Å². The summed E-state index contributed by atoms with van der Waals surface area (Å²) in [5.74, 6) is 0.634. The zero-order valence-corrected chi connectivity index (χ0v) is 16.9. The van der Waals surface area contributed by atoms with Crippen molar-refractivity contribution >= 4 is 40.5 Å². The molecule has 0 unspecified atom stereocenters. The summed E-state index contributed by atoms with van der Waals surface area (Å²) >= 11 is 1.11. The maximum absolute atomic E-state index is 12.1. The van der Waals surface area contributed by atoms with E-state index in [0.29, 0.717) is 46.7 Å². The summed E-state index contributed by atoms with van der Waals surface area (Å²) in [6.45, 7) is 4.69. The molecule has 3 aromatic rings. The molecule has 29 heavy (non-hydrogen) atoms. The minimum Gasteiger partial charge on any atom is -0.490 e. The Morgan fingerprint density at radius 2 is 1.83 bits per heavy atom. The van der Waals surface area contributed by atoms with Crippen molar-refractivity contribution in [3.05, 3.63) is 42.5 Å². The molecule has 0 aliphatic rings. The maximum atomic E-state index is 12.1. The summed E-state index contributed by atoms with van der Waals surface area (Å²) in [6, 6.07) is 11.7. The van der Waals surface area contributed by atoms with E-state index < -0.39 is 11.9 Å². The molecular weight excluding hydrogens is 394 g/mol. The van der Waals surface area contributed by atoms with Crippen LogP contribution in [-0.4, -0.2) is 35.9 Å². The molecule has 3 amide bonds. The van der Waals surface area contributed by atoms with Crippen LogP contribution < -0.4 is 20.1 Å². The topological polar surface area (TPSA) is 103 Å². The number of thioether (sulfide) groups is 1. The molecule has 2 aromatic carbocycles. The van der Waals surface area contributed by atoms with E-state index in [1.165, 1.54) is 0 Å². The standard InChI is InChI=1S/C20H21N3O5S/c1-3-26-16-10-9-13(11-17(16)27-4-2)21-19(25)23-18(24)12-29-20-22-14-7-5-6-8-15(14)28-20/h5-11H,3-4,12H2,1-2H3,(H2,21,23,24,25). The molecular formula is C20H21N3O5S. The van der Waals surface area contributed by atoms with E-state index in [0.717, 1.165) is 11.8 Å². The van der Waals surface area contributed by atoms with E-state index in [1.807, 2.05) is 32.0 Å². The summed E-state index contributed by atoms with van der Waals surface area (Å²) in [7, 11) is 0. The number of anilines is 1. The fourth-order valence-corrected chi connectivity index (χ4v) is 3.13. The van der Waals surface area contributed by atoms with Crippen molar-refractivity contribution in [3.63, 3.8) is 0 Å². The number of benzene rings is 2. The lowest BCUT2D eigenvalue weighted by Gasteiger charge is -2.13. The van der Waals surface area contributed by atoms with Gasteiger partial charge in [-0.05, 0) is 38.1 Å². The zero-order chi connectivity index (χ0) is 20.6. The van der Waals surface area contributed by atoms with Gasteiger partial charge in [0.15, 0.2) is 17.1 Å². The van der Waals surface area contributed by atoms with Crippen LogP contribution in [0.1, 0.15) is 13.8 Å². The number of amides is 3.